The summed E-state index contributed by atoms with van der Waals surface area (Å²) in [5, 5.41) is 7.84. The first-order chi connectivity index (χ1) is 8.79. The number of rotatable bonds is 7. The summed E-state index contributed by atoms with van der Waals surface area (Å²) in [5.74, 6) is -0.158. The van der Waals surface area contributed by atoms with E-state index in [1.807, 2.05) is 6.07 Å². The Morgan fingerprint density at radius 1 is 1.17 bits per heavy atom. The molecular formula is C14H19FN2S. The van der Waals surface area contributed by atoms with Crippen LogP contribution in [0.4, 0.5) is 4.39 Å². The lowest BCUT2D eigenvalue weighted by Crippen LogP contribution is -2.21. The Morgan fingerprint density at radius 3 is 2.83 bits per heavy atom. The second kappa shape index (κ2) is 6.83. The van der Waals surface area contributed by atoms with E-state index >= 15 is 0 Å². The highest BCUT2D eigenvalue weighted by Crippen LogP contribution is 2.26. The molecule has 0 spiro atoms. The fraction of sp³-hybridized carbons (Fsp3) is 0.429. The van der Waals surface area contributed by atoms with E-state index in [1.54, 1.807) is 17.4 Å². The minimum atomic E-state index is -0.158. The minimum absolute atomic E-state index is 0.158. The van der Waals surface area contributed by atoms with Crippen molar-refractivity contribution in [3.8, 4) is 0 Å². The van der Waals surface area contributed by atoms with Crippen LogP contribution in [-0.4, -0.2) is 19.6 Å². The van der Waals surface area contributed by atoms with Crippen molar-refractivity contribution in [1.82, 2.24) is 10.6 Å². The monoisotopic (exact) mass is 266 g/mol. The molecular weight excluding hydrogens is 247 g/mol. The van der Waals surface area contributed by atoms with Crippen molar-refractivity contribution in [2.45, 2.75) is 19.9 Å². The van der Waals surface area contributed by atoms with E-state index in [-0.39, 0.29) is 5.82 Å². The van der Waals surface area contributed by atoms with Crippen LogP contribution >= 0.6 is 11.3 Å². The SMILES string of the molecule is CCNCCCNCc1cc2ccc(F)cc2s1. The van der Waals surface area contributed by atoms with Crippen molar-refractivity contribution in [3.63, 3.8) is 0 Å². The van der Waals surface area contributed by atoms with Gasteiger partial charge in [0.25, 0.3) is 0 Å². The molecule has 0 radical (unpaired) electrons. The number of hydrogen-bond donors (Lipinski definition) is 2. The second-order valence-corrected chi connectivity index (χ2v) is 5.45. The van der Waals surface area contributed by atoms with Crippen molar-refractivity contribution in [2.24, 2.45) is 0 Å². The van der Waals surface area contributed by atoms with Gasteiger partial charge in [-0.15, -0.1) is 11.3 Å². The Morgan fingerprint density at radius 2 is 2.00 bits per heavy atom. The largest absolute Gasteiger partial charge is 0.317 e. The Kier molecular flexibility index (Phi) is 5.11. The Labute approximate surface area is 111 Å². The molecule has 0 aliphatic rings. The Bertz CT molecular complexity index is 495. The maximum atomic E-state index is 13.1. The van der Waals surface area contributed by atoms with Gasteiger partial charge in [-0.1, -0.05) is 13.0 Å². The molecule has 2 aromatic rings. The number of hydrogen-bond acceptors (Lipinski definition) is 3. The third kappa shape index (κ3) is 3.77. The standard InChI is InChI=1S/C14H19FN2S/c1-2-16-6-3-7-17-10-13-8-11-4-5-12(15)9-14(11)18-13/h4-5,8-9,16-17H,2-3,6-7,10H2,1H3. The van der Waals surface area contributed by atoms with Gasteiger partial charge in [0.15, 0.2) is 0 Å². The number of halogens is 1. The molecule has 0 fully saturated rings. The average Bonchev–Trinajstić information content (AvgIpc) is 2.75. The summed E-state index contributed by atoms with van der Waals surface area (Å²) in [5.41, 5.74) is 0. The molecule has 4 heteroatoms. The van der Waals surface area contributed by atoms with Crippen LogP contribution in [0.5, 0.6) is 0 Å². The van der Waals surface area contributed by atoms with Crippen molar-refractivity contribution >= 4 is 21.4 Å². The molecule has 0 atom stereocenters. The topological polar surface area (TPSA) is 24.1 Å². The maximum absolute atomic E-state index is 13.1. The summed E-state index contributed by atoms with van der Waals surface area (Å²) in [6.07, 6.45) is 1.13. The van der Waals surface area contributed by atoms with Crippen LogP contribution in [0.15, 0.2) is 24.3 Å². The maximum Gasteiger partial charge on any atom is 0.124 e. The van der Waals surface area contributed by atoms with Gasteiger partial charge >= 0.3 is 0 Å². The number of nitrogens with one attached hydrogen (secondary N) is 2. The van der Waals surface area contributed by atoms with Gasteiger partial charge in [-0.25, -0.2) is 4.39 Å². The molecule has 0 aliphatic carbocycles. The molecule has 2 rings (SSSR count). The molecule has 0 saturated heterocycles. The van der Waals surface area contributed by atoms with E-state index in [0.717, 1.165) is 42.7 Å². The third-order valence-corrected chi connectivity index (χ3v) is 3.89. The molecule has 1 aromatic carbocycles. The lowest BCUT2D eigenvalue weighted by atomic mass is 10.2. The van der Waals surface area contributed by atoms with E-state index in [9.17, 15) is 4.39 Å². The molecule has 18 heavy (non-hydrogen) atoms. The third-order valence-electron chi connectivity index (χ3n) is 2.79. The number of benzene rings is 1. The average molecular weight is 266 g/mol. The quantitative estimate of drug-likeness (QED) is 0.752. The van der Waals surface area contributed by atoms with Crippen molar-refractivity contribution in [3.05, 3.63) is 35.0 Å². The zero-order chi connectivity index (χ0) is 12.8. The fourth-order valence-electron chi connectivity index (χ4n) is 1.87. The fourth-order valence-corrected chi connectivity index (χ4v) is 2.93. The summed E-state index contributed by atoms with van der Waals surface area (Å²) in [6.45, 7) is 6.08. The molecule has 0 amide bonds. The highest BCUT2D eigenvalue weighted by Gasteiger charge is 2.02. The smallest absolute Gasteiger partial charge is 0.124 e. The van der Waals surface area contributed by atoms with Crippen LogP contribution in [0, 0.1) is 5.82 Å². The van der Waals surface area contributed by atoms with Gasteiger partial charge in [-0.2, -0.15) is 0 Å². The van der Waals surface area contributed by atoms with Gasteiger partial charge in [0.2, 0.25) is 0 Å². The molecule has 2 nitrogen and oxygen atoms in total. The van der Waals surface area contributed by atoms with Crippen LogP contribution in [0.3, 0.4) is 0 Å². The Balaban J connectivity index is 1.81. The zero-order valence-electron chi connectivity index (χ0n) is 10.6. The van der Waals surface area contributed by atoms with Crippen molar-refractivity contribution in [2.75, 3.05) is 19.6 Å². The molecule has 0 aliphatic heterocycles. The van der Waals surface area contributed by atoms with Gasteiger partial charge in [0, 0.05) is 16.1 Å². The summed E-state index contributed by atoms with van der Waals surface area (Å²) in [7, 11) is 0. The van der Waals surface area contributed by atoms with E-state index in [1.165, 1.54) is 10.9 Å². The van der Waals surface area contributed by atoms with Crippen molar-refractivity contribution in [1.29, 1.82) is 0 Å². The molecule has 0 saturated carbocycles. The van der Waals surface area contributed by atoms with E-state index in [2.05, 4.69) is 23.6 Å². The van der Waals surface area contributed by atoms with Gasteiger partial charge in [0.05, 0.1) is 0 Å². The van der Waals surface area contributed by atoms with Gasteiger partial charge < -0.3 is 10.6 Å². The summed E-state index contributed by atoms with van der Waals surface area (Å²) in [6, 6.07) is 7.10. The predicted molar refractivity (Wildman–Crippen MR) is 76.7 cm³/mol. The molecule has 0 bridgehead atoms. The van der Waals surface area contributed by atoms with Crippen LogP contribution in [0.1, 0.15) is 18.2 Å². The molecule has 0 unspecified atom stereocenters. The Hall–Kier alpha value is -0.970. The van der Waals surface area contributed by atoms with Crippen molar-refractivity contribution < 1.29 is 4.39 Å². The summed E-state index contributed by atoms with van der Waals surface area (Å²) < 4.78 is 14.1. The van der Waals surface area contributed by atoms with Gasteiger partial charge in [-0.3, -0.25) is 0 Å². The second-order valence-electron chi connectivity index (χ2n) is 4.28. The lowest BCUT2D eigenvalue weighted by Gasteiger charge is -2.03. The summed E-state index contributed by atoms with van der Waals surface area (Å²) in [4.78, 5) is 1.26. The van der Waals surface area contributed by atoms with E-state index in [4.69, 9.17) is 0 Å². The molecule has 1 aromatic heterocycles. The van der Waals surface area contributed by atoms with Crippen LogP contribution < -0.4 is 10.6 Å². The first kappa shape index (κ1) is 13.5. The first-order valence-electron chi connectivity index (χ1n) is 6.39. The van der Waals surface area contributed by atoms with E-state index < -0.39 is 0 Å². The molecule has 98 valence electrons. The summed E-state index contributed by atoms with van der Waals surface area (Å²) >= 11 is 1.66. The highest BCUT2D eigenvalue weighted by molar-refractivity contribution is 7.19. The first-order valence-corrected chi connectivity index (χ1v) is 7.20. The minimum Gasteiger partial charge on any atom is -0.317 e. The van der Waals surface area contributed by atoms with Crippen LogP contribution in [0.25, 0.3) is 10.1 Å². The van der Waals surface area contributed by atoms with Crippen LogP contribution in [-0.2, 0) is 6.54 Å². The zero-order valence-corrected chi connectivity index (χ0v) is 11.4. The number of thiophene rings is 1. The van der Waals surface area contributed by atoms with Gasteiger partial charge in [-0.05, 0) is 49.6 Å². The molecule has 2 N–H and O–H groups in total. The lowest BCUT2D eigenvalue weighted by molar-refractivity contribution is 0.609. The highest BCUT2D eigenvalue weighted by atomic mass is 32.1. The number of fused-ring (bicyclic) bond motifs is 1. The van der Waals surface area contributed by atoms with Crippen LogP contribution in [0.2, 0.25) is 0 Å². The van der Waals surface area contributed by atoms with Gasteiger partial charge in [0.1, 0.15) is 5.82 Å². The molecule has 1 heterocycles. The normalized spacial score (nSPS) is 11.2. The predicted octanol–water partition coefficient (Wildman–Crippen LogP) is 3.13. The van der Waals surface area contributed by atoms with E-state index in [0.29, 0.717) is 0 Å².